The summed E-state index contributed by atoms with van der Waals surface area (Å²) in [5.74, 6) is 0.00143. The predicted octanol–water partition coefficient (Wildman–Crippen LogP) is -0.0398. The highest BCUT2D eigenvalue weighted by molar-refractivity contribution is 5.93. The maximum atomic E-state index is 11.6. The molecule has 1 amide bonds. The van der Waals surface area contributed by atoms with E-state index < -0.39 is 0 Å². The van der Waals surface area contributed by atoms with E-state index >= 15 is 0 Å². The second-order valence-electron chi connectivity index (χ2n) is 3.79. The minimum atomic E-state index is -0.360. The second kappa shape index (κ2) is 6.07. The molecule has 1 aromatic heterocycles. The van der Waals surface area contributed by atoms with Crippen LogP contribution >= 0.6 is 0 Å². The predicted molar refractivity (Wildman–Crippen MR) is 62.5 cm³/mol. The molecule has 5 nitrogen and oxygen atoms in total. The van der Waals surface area contributed by atoms with E-state index in [1.165, 1.54) is 12.3 Å². The van der Waals surface area contributed by atoms with Gasteiger partial charge in [0.2, 0.25) is 0 Å². The van der Waals surface area contributed by atoms with Gasteiger partial charge in [0.25, 0.3) is 11.5 Å². The molecule has 0 fully saturated rings. The molecule has 1 unspecified atom stereocenters. The van der Waals surface area contributed by atoms with E-state index in [9.17, 15) is 9.59 Å². The number of hydrogen-bond acceptors (Lipinski definition) is 3. The smallest absolute Gasteiger partial charge is 0.260 e. The van der Waals surface area contributed by atoms with Crippen molar-refractivity contribution >= 4 is 5.91 Å². The number of nitrogens with one attached hydrogen (secondary N) is 3. The molecule has 0 aromatic carbocycles. The largest absolute Gasteiger partial charge is 0.352 e. The van der Waals surface area contributed by atoms with Crippen LogP contribution < -0.4 is 16.2 Å². The minimum absolute atomic E-state index is 0.152. The molecule has 0 saturated carbocycles. The van der Waals surface area contributed by atoms with Gasteiger partial charge in [-0.15, -0.1) is 0 Å². The van der Waals surface area contributed by atoms with Gasteiger partial charge in [-0.1, -0.05) is 6.92 Å². The molecule has 0 aliphatic heterocycles. The number of H-pyrrole nitrogens is 1. The Kier molecular flexibility index (Phi) is 4.72. The van der Waals surface area contributed by atoms with Gasteiger partial charge in [-0.2, -0.15) is 0 Å². The summed E-state index contributed by atoms with van der Waals surface area (Å²) in [4.78, 5) is 25.4. The van der Waals surface area contributed by atoms with E-state index in [1.807, 2.05) is 14.0 Å². The van der Waals surface area contributed by atoms with Crippen molar-refractivity contribution in [3.63, 3.8) is 0 Å². The van der Waals surface area contributed by atoms with Crippen molar-refractivity contribution < 1.29 is 4.79 Å². The van der Waals surface area contributed by atoms with Crippen molar-refractivity contribution in [3.8, 4) is 0 Å². The SMILES string of the molecule is CNCC(C)CNC(=O)c1ccc[nH]c1=O. The third-order valence-corrected chi connectivity index (χ3v) is 2.23. The molecule has 0 radical (unpaired) electrons. The molecule has 0 spiro atoms. The van der Waals surface area contributed by atoms with Gasteiger partial charge >= 0.3 is 0 Å². The normalized spacial score (nSPS) is 12.1. The highest BCUT2D eigenvalue weighted by Crippen LogP contribution is 1.92. The third-order valence-electron chi connectivity index (χ3n) is 2.23. The lowest BCUT2D eigenvalue weighted by atomic mass is 10.1. The Labute approximate surface area is 94.3 Å². The van der Waals surface area contributed by atoms with Gasteiger partial charge in [-0.3, -0.25) is 9.59 Å². The first-order chi connectivity index (χ1) is 7.65. The summed E-state index contributed by atoms with van der Waals surface area (Å²) < 4.78 is 0. The third kappa shape index (κ3) is 3.51. The van der Waals surface area contributed by atoms with Crippen LogP contribution in [0, 0.1) is 5.92 Å². The summed E-state index contributed by atoms with van der Waals surface area (Å²) in [5, 5.41) is 5.75. The van der Waals surface area contributed by atoms with Crippen LogP contribution in [0.2, 0.25) is 0 Å². The zero-order valence-corrected chi connectivity index (χ0v) is 9.54. The minimum Gasteiger partial charge on any atom is -0.352 e. The van der Waals surface area contributed by atoms with E-state index in [0.717, 1.165) is 6.54 Å². The van der Waals surface area contributed by atoms with E-state index in [4.69, 9.17) is 0 Å². The van der Waals surface area contributed by atoms with Gasteiger partial charge in [-0.05, 0) is 31.6 Å². The molecular formula is C11H17N3O2. The number of carbonyl (C=O) groups is 1. The molecule has 16 heavy (non-hydrogen) atoms. The van der Waals surface area contributed by atoms with E-state index in [-0.39, 0.29) is 17.0 Å². The molecule has 3 N–H and O–H groups in total. The highest BCUT2D eigenvalue weighted by atomic mass is 16.2. The lowest BCUT2D eigenvalue weighted by molar-refractivity contribution is 0.0946. The van der Waals surface area contributed by atoms with Gasteiger partial charge in [0.05, 0.1) is 0 Å². The zero-order chi connectivity index (χ0) is 12.0. The maximum Gasteiger partial charge on any atom is 0.260 e. The molecule has 0 saturated heterocycles. The fraction of sp³-hybridized carbons (Fsp3) is 0.455. The van der Waals surface area contributed by atoms with Crippen molar-refractivity contribution in [3.05, 3.63) is 34.2 Å². The molecule has 0 aliphatic carbocycles. The van der Waals surface area contributed by atoms with E-state index in [2.05, 4.69) is 15.6 Å². The van der Waals surface area contributed by atoms with Crippen LogP contribution in [0.3, 0.4) is 0 Å². The fourth-order valence-electron chi connectivity index (χ4n) is 1.38. The molecule has 5 heteroatoms. The number of pyridine rings is 1. The molecule has 1 atom stereocenters. The summed E-state index contributed by atoms with van der Waals surface area (Å²) in [6.45, 7) is 3.39. The number of aromatic nitrogens is 1. The van der Waals surface area contributed by atoms with Crippen molar-refractivity contribution in [1.29, 1.82) is 0 Å². The first kappa shape index (κ1) is 12.4. The highest BCUT2D eigenvalue weighted by Gasteiger charge is 2.10. The molecule has 1 aromatic rings. The summed E-state index contributed by atoms with van der Waals surface area (Å²) in [7, 11) is 1.86. The Morgan fingerprint density at radius 2 is 2.25 bits per heavy atom. The molecule has 0 bridgehead atoms. The van der Waals surface area contributed by atoms with Crippen molar-refractivity contribution in [2.45, 2.75) is 6.92 Å². The number of rotatable bonds is 5. The van der Waals surface area contributed by atoms with Gasteiger partial charge in [-0.25, -0.2) is 0 Å². The first-order valence-corrected chi connectivity index (χ1v) is 5.25. The monoisotopic (exact) mass is 223 g/mol. The average molecular weight is 223 g/mol. The van der Waals surface area contributed by atoms with Crippen LogP contribution in [0.5, 0.6) is 0 Å². The van der Waals surface area contributed by atoms with Gasteiger partial charge in [0, 0.05) is 12.7 Å². The lowest BCUT2D eigenvalue weighted by Crippen LogP contribution is -2.34. The molecule has 1 rings (SSSR count). The first-order valence-electron chi connectivity index (χ1n) is 5.25. The van der Waals surface area contributed by atoms with Crippen LogP contribution in [-0.2, 0) is 0 Å². The molecule has 1 heterocycles. The Morgan fingerprint density at radius 3 is 2.88 bits per heavy atom. The maximum absolute atomic E-state index is 11.6. The van der Waals surface area contributed by atoms with Crippen LogP contribution in [0.4, 0.5) is 0 Å². The molecular weight excluding hydrogens is 206 g/mol. The van der Waals surface area contributed by atoms with Gasteiger partial charge in [0.15, 0.2) is 0 Å². The number of amides is 1. The van der Waals surface area contributed by atoms with E-state index in [0.29, 0.717) is 12.5 Å². The Balaban J connectivity index is 2.54. The van der Waals surface area contributed by atoms with Gasteiger partial charge < -0.3 is 15.6 Å². The van der Waals surface area contributed by atoms with Crippen LogP contribution in [-0.4, -0.2) is 31.0 Å². The van der Waals surface area contributed by atoms with Crippen LogP contribution in [0.1, 0.15) is 17.3 Å². The van der Waals surface area contributed by atoms with Crippen molar-refractivity contribution in [2.24, 2.45) is 5.92 Å². The van der Waals surface area contributed by atoms with E-state index in [1.54, 1.807) is 6.07 Å². The number of aromatic amines is 1. The van der Waals surface area contributed by atoms with Crippen LogP contribution in [0.25, 0.3) is 0 Å². The molecule has 88 valence electrons. The molecule has 0 aliphatic rings. The van der Waals surface area contributed by atoms with Crippen molar-refractivity contribution in [1.82, 2.24) is 15.6 Å². The lowest BCUT2D eigenvalue weighted by Gasteiger charge is -2.11. The number of hydrogen-bond donors (Lipinski definition) is 3. The fourth-order valence-corrected chi connectivity index (χ4v) is 1.38. The standard InChI is InChI=1S/C11H17N3O2/c1-8(6-12-2)7-14-11(16)9-4-3-5-13-10(9)15/h3-5,8,12H,6-7H2,1-2H3,(H,13,15)(H,14,16). The Hall–Kier alpha value is -1.62. The summed E-state index contributed by atoms with van der Waals surface area (Å²) in [5.41, 5.74) is -0.208. The van der Waals surface area contributed by atoms with Gasteiger partial charge in [0.1, 0.15) is 5.56 Å². The second-order valence-corrected chi connectivity index (χ2v) is 3.79. The Bertz CT molecular complexity index is 400. The summed E-state index contributed by atoms with van der Waals surface area (Å²) >= 11 is 0. The summed E-state index contributed by atoms with van der Waals surface area (Å²) in [6.07, 6.45) is 1.50. The quantitative estimate of drug-likeness (QED) is 0.655. The summed E-state index contributed by atoms with van der Waals surface area (Å²) in [6, 6.07) is 3.14. The van der Waals surface area contributed by atoms with Crippen LogP contribution in [0.15, 0.2) is 23.1 Å². The Morgan fingerprint density at radius 1 is 1.50 bits per heavy atom. The van der Waals surface area contributed by atoms with Crippen molar-refractivity contribution in [2.75, 3.05) is 20.1 Å². The average Bonchev–Trinajstić information content (AvgIpc) is 2.27. The zero-order valence-electron chi connectivity index (χ0n) is 9.54. The number of carbonyl (C=O) groups excluding carboxylic acids is 1. The topological polar surface area (TPSA) is 74.0 Å².